The van der Waals surface area contributed by atoms with Gasteiger partial charge in [-0.2, -0.15) is 9.97 Å². The highest BCUT2D eigenvalue weighted by molar-refractivity contribution is 6.03. The van der Waals surface area contributed by atoms with Crippen molar-refractivity contribution in [2.45, 2.75) is 56.9 Å². The summed E-state index contributed by atoms with van der Waals surface area (Å²) < 4.78 is 59.4. The van der Waals surface area contributed by atoms with Crippen LogP contribution in [0.4, 0.5) is 30.5 Å². The molecular weight excluding hydrogens is 762 g/mol. The number of halogens is 3. The monoisotopic (exact) mass is 806 g/mol. The summed E-state index contributed by atoms with van der Waals surface area (Å²) >= 11 is 0. The third-order valence-corrected chi connectivity index (χ3v) is 11.7. The van der Waals surface area contributed by atoms with Gasteiger partial charge >= 0.3 is 6.01 Å². The van der Waals surface area contributed by atoms with Gasteiger partial charge in [0.1, 0.15) is 47.2 Å². The number of nitrogens with zero attached hydrogens (tertiary/aromatic N) is 8. The van der Waals surface area contributed by atoms with Gasteiger partial charge in [-0.3, -0.25) is 9.78 Å². The Bertz CT molecular complexity index is 2480. The fourth-order valence-corrected chi connectivity index (χ4v) is 8.77. The fourth-order valence-electron chi connectivity index (χ4n) is 8.77. The SMILES string of the molecule is C#Cc1c(F)ccc2cc(O)cc(-c3ncc4c(N(C)C[C@@H]5CCCN5C(=O)C=C)nc(OC[C@]5(C)C[C@@H](F)CN5c5ccc(N6CCOC[C@H]6C)nc5)nc4c3F)c12. The second-order valence-corrected chi connectivity index (χ2v) is 15.8. The van der Waals surface area contributed by atoms with E-state index in [9.17, 15) is 9.90 Å². The molecule has 0 spiro atoms. The average molecular weight is 807 g/mol. The Labute approximate surface area is 340 Å². The molecule has 59 heavy (non-hydrogen) atoms. The maximum absolute atomic E-state index is 17.1. The summed E-state index contributed by atoms with van der Waals surface area (Å²) in [6, 6.07) is 9.00. The van der Waals surface area contributed by atoms with E-state index >= 15 is 13.2 Å². The van der Waals surface area contributed by atoms with Crippen molar-refractivity contribution in [1.82, 2.24) is 24.8 Å². The molecule has 3 fully saturated rings. The molecule has 3 aliphatic heterocycles. The molecule has 12 nitrogen and oxygen atoms in total. The molecule has 3 aromatic heterocycles. The van der Waals surface area contributed by atoms with Crippen LogP contribution in [0.25, 0.3) is 32.9 Å². The minimum absolute atomic E-state index is 0.0594. The van der Waals surface area contributed by atoms with Crippen molar-refractivity contribution in [3.8, 4) is 35.4 Å². The number of amides is 1. The van der Waals surface area contributed by atoms with Gasteiger partial charge < -0.3 is 34.2 Å². The maximum Gasteiger partial charge on any atom is 0.319 e. The van der Waals surface area contributed by atoms with Gasteiger partial charge in [0.05, 0.1) is 54.2 Å². The first-order valence-corrected chi connectivity index (χ1v) is 19.7. The number of phenolic OH excluding ortho intramolecular Hbond substituents is 1. The Morgan fingerprint density at radius 2 is 2.02 bits per heavy atom. The third kappa shape index (κ3) is 7.41. The van der Waals surface area contributed by atoms with Gasteiger partial charge in [0, 0.05) is 56.3 Å². The lowest BCUT2D eigenvalue weighted by Gasteiger charge is -2.37. The van der Waals surface area contributed by atoms with Gasteiger partial charge in [0.25, 0.3) is 0 Å². The zero-order chi connectivity index (χ0) is 41.6. The summed E-state index contributed by atoms with van der Waals surface area (Å²) in [5.74, 6) is 1.50. The van der Waals surface area contributed by atoms with Crippen LogP contribution in [-0.2, 0) is 9.53 Å². The van der Waals surface area contributed by atoms with Crippen molar-refractivity contribution >= 4 is 44.9 Å². The Morgan fingerprint density at radius 3 is 2.76 bits per heavy atom. The first-order valence-electron chi connectivity index (χ1n) is 19.7. The Kier molecular flexibility index (Phi) is 10.7. The first-order chi connectivity index (χ1) is 28.4. The largest absolute Gasteiger partial charge is 0.508 e. The zero-order valence-electron chi connectivity index (χ0n) is 33.2. The molecule has 1 N–H and O–H groups in total. The minimum Gasteiger partial charge on any atom is -0.508 e. The smallest absolute Gasteiger partial charge is 0.319 e. The standard InChI is InChI=1S/C44H45F3N8O4/c1-6-32-35(46)12-10-27-17-31(56)18-33(38(27)32)40-39(47)41-34(21-49-40)42(52(5)23-30-9-8-14-54(30)37(57)7-2)51-43(50-41)59-25-44(4)19-28(45)22-55(44)29-11-13-36(48-20-29)53-15-16-58-24-26(53)3/h1,7,10-13,17-18,20-21,26,28,30,56H,2,8-9,14-16,19,22-25H2,3-5H3/t26-,28-,30+,44+/m1/s1. The topological polar surface area (TPSA) is 120 Å². The lowest BCUT2D eigenvalue weighted by Crippen LogP contribution is -2.46. The Hall–Kier alpha value is -6.14. The highest BCUT2D eigenvalue weighted by Gasteiger charge is 2.44. The van der Waals surface area contributed by atoms with Gasteiger partial charge in [-0.25, -0.2) is 18.2 Å². The number of terminal acetylenes is 1. The molecule has 306 valence electrons. The predicted molar refractivity (Wildman–Crippen MR) is 221 cm³/mol. The number of carbonyl (C=O) groups is 1. The van der Waals surface area contributed by atoms with Crippen LogP contribution in [0, 0.1) is 24.0 Å². The number of anilines is 3. The van der Waals surface area contributed by atoms with Crippen molar-refractivity contribution in [2.75, 3.05) is 67.7 Å². The Balaban J connectivity index is 1.17. The van der Waals surface area contributed by atoms with Crippen molar-refractivity contribution in [1.29, 1.82) is 0 Å². The normalized spacial score (nSPS) is 21.9. The fraction of sp³-hybridized carbons (Fsp3) is 0.386. The molecule has 6 heterocycles. The summed E-state index contributed by atoms with van der Waals surface area (Å²) in [7, 11) is 1.78. The molecule has 0 unspecified atom stereocenters. The molecule has 8 rings (SSSR count). The molecule has 2 aromatic carbocycles. The van der Waals surface area contributed by atoms with Gasteiger partial charge in [0.15, 0.2) is 5.82 Å². The van der Waals surface area contributed by atoms with Gasteiger partial charge in [0.2, 0.25) is 5.91 Å². The minimum atomic E-state index is -1.16. The number of hydrogen-bond donors (Lipinski definition) is 1. The van der Waals surface area contributed by atoms with E-state index in [0.29, 0.717) is 31.7 Å². The van der Waals surface area contributed by atoms with E-state index in [2.05, 4.69) is 34.3 Å². The number of ether oxygens (including phenoxy) is 2. The summed E-state index contributed by atoms with van der Waals surface area (Å²) in [5, 5.41) is 11.5. The maximum atomic E-state index is 17.1. The number of rotatable bonds is 10. The zero-order valence-corrected chi connectivity index (χ0v) is 33.2. The molecule has 0 aliphatic carbocycles. The molecule has 3 saturated heterocycles. The lowest BCUT2D eigenvalue weighted by molar-refractivity contribution is -0.126. The third-order valence-electron chi connectivity index (χ3n) is 11.7. The highest BCUT2D eigenvalue weighted by Crippen LogP contribution is 2.40. The van der Waals surface area contributed by atoms with Crippen molar-refractivity contribution in [2.24, 2.45) is 0 Å². The van der Waals surface area contributed by atoms with Crippen molar-refractivity contribution < 1.29 is 32.5 Å². The molecule has 0 bridgehead atoms. The summed E-state index contributed by atoms with van der Waals surface area (Å²) in [5.41, 5.74) is -0.572. The second kappa shape index (κ2) is 15.9. The number of morpholine rings is 1. The quantitative estimate of drug-likeness (QED) is 0.124. The van der Waals surface area contributed by atoms with Gasteiger partial charge in [-0.1, -0.05) is 18.6 Å². The second-order valence-electron chi connectivity index (χ2n) is 15.8. The number of aromatic nitrogens is 4. The number of aromatic hydroxyl groups is 1. The summed E-state index contributed by atoms with van der Waals surface area (Å²) in [6.07, 6.45) is 10.7. The average Bonchev–Trinajstić information content (AvgIpc) is 3.82. The molecule has 0 radical (unpaired) electrons. The molecule has 5 aromatic rings. The van der Waals surface area contributed by atoms with Gasteiger partial charge in [-0.05, 0) is 68.5 Å². The number of fused-ring (bicyclic) bond motifs is 2. The van der Waals surface area contributed by atoms with Crippen LogP contribution >= 0.6 is 0 Å². The summed E-state index contributed by atoms with van der Waals surface area (Å²) in [4.78, 5) is 38.9. The first kappa shape index (κ1) is 39.7. The predicted octanol–water partition coefficient (Wildman–Crippen LogP) is 6.43. The highest BCUT2D eigenvalue weighted by atomic mass is 19.1. The molecule has 3 aliphatic rings. The van der Waals surface area contributed by atoms with Crippen LogP contribution in [0.3, 0.4) is 0 Å². The molecule has 0 saturated carbocycles. The molecule has 15 heteroatoms. The van der Waals surface area contributed by atoms with Crippen LogP contribution in [0.2, 0.25) is 0 Å². The van der Waals surface area contributed by atoms with Crippen molar-refractivity contribution in [3.05, 3.63) is 78.6 Å². The van der Waals surface area contributed by atoms with Crippen molar-refractivity contribution in [3.63, 3.8) is 0 Å². The van der Waals surface area contributed by atoms with E-state index in [1.165, 1.54) is 36.5 Å². The molecule has 4 atom stereocenters. The van der Waals surface area contributed by atoms with E-state index in [1.807, 2.05) is 24.0 Å². The Morgan fingerprint density at radius 1 is 1.19 bits per heavy atom. The number of benzene rings is 2. The number of hydrogen-bond acceptors (Lipinski definition) is 11. The van der Waals surface area contributed by atoms with E-state index < -0.39 is 23.3 Å². The van der Waals surface area contributed by atoms with Crippen LogP contribution in [-0.4, -0.2) is 113 Å². The lowest BCUT2D eigenvalue weighted by atomic mass is 9.96. The number of alkyl halides is 1. The van der Waals surface area contributed by atoms with E-state index in [1.54, 1.807) is 23.0 Å². The molecular formula is C44H45F3N8O4. The number of pyridine rings is 2. The van der Waals surface area contributed by atoms with Gasteiger partial charge in [-0.15, -0.1) is 6.42 Å². The van der Waals surface area contributed by atoms with Crippen LogP contribution in [0.5, 0.6) is 11.8 Å². The van der Waals surface area contributed by atoms with Crippen LogP contribution in [0.1, 0.15) is 38.7 Å². The van der Waals surface area contributed by atoms with Crippen LogP contribution < -0.4 is 19.4 Å². The van der Waals surface area contributed by atoms with E-state index in [4.69, 9.17) is 25.9 Å². The number of likely N-dealkylation sites (N-methyl/N-ethyl adjacent to an activating group) is 1. The molecule has 1 amide bonds. The summed E-state index contributed by atoms with van der Waals surface area (Å²) in [6.45, 7) is 10.5. The van der Waals surface area contributed by atoms with E-state index in [-0.39, 0.29) is 88.3 Å². The number of likely N-dealkylation sites (tertiary alicyclic amines) is 1. The van der Waals surface area contributed by atoms with E-state index in [0.717, 1.165) is 30.9 Å². The van der Waals surface area contributed by atoms with Crippen LogP contribution in [0.15, 0.2) is 61.4 Å². The number of carbonyl (C=O) groups excluding carboxylic acids is 1. The number of phenols is 1.